The van der Waals surface area contributed by atoms with E-state index in [1.165, 1.54) is 0 Å². The number of rotatable bonds is 4. The minimum absolute atomic E-state index is 0.316. The zero-order valence-corrected chi connectivity index (χ0v) is 10.9. The third-order valence-corrected chi connectivity index (χ3v) is 2.74. The van der Waals surface area contributed by atoms with Gasteiger partial charge in [-0.15, -0.1) is 0 Å². The molecule has 0 bridgehead atoms. The lowest BCUT2D eigenvalue weighted by molar-refractivity contribution is 0.102. The van der Waals surface area contributed by atoms with Crippen LogP contribution in [0.15, 0.2) is 42.5 Å². The largest absolute Gasteiger partial charge is 0.322 e. The number of carbonyl (C=O) groups excluding carboxylic acids is 1. The minimum Gasteiger partial charge on any atom is -0.322 e. The van der Waals surface area contributed by atoms with Gasteiger partial charge in [-0.1, -0.05) is 12.1 Å². The fourth-order valence-corrected chi connectivity index (χ4v) is 1.83. The lowest BCUT2D eigenvalue weighted by atomic mass is 10.1. The predicted octanol–water partition coefficient (Wildman–Crippen LogP) is 2.94. The molecule has 0 aromatic heterocycles. The Morgan fingerprint density at radius 3 is 2.70 bits per heavy atom. The standard InChI is InChI=1S/C15H14F2N2O/c1-18-9-10-3-2-4-12(7-10)19-15(20)13-8-11(16)5-6-14(13)17/h2-8,18H,9H2,1H3,(H,19,20). The van der Waals surface area contributed by atoms with E-state index in [0.29, 0.717) is 12.2 Å². The van der Waals surface area contributed by atoms with Crippen molar-refractivity contribution in [3.8, 4) is 0 Å². The summed E-state index contributed by atoms with van der Waals surface area (Å²) in [6, 6.07) is 9.92. The third kappa shape index (κ3) is 3.39. The van der Waals surface area contributed by atoms with Gasteiger partial charge in [-0.25, -0.2) is 8.78 Å². The maximum Gasteiger partial charge on any atom is 0.258 e. The first kappa shape index (κ1) is 14.1. The second-order valence-electron chi connectivity index (χ2n) is 4.31. The van der Waals surface area contributed by atoms with Crippen molar-refractivity contribution < 1.29 is 13.6 Å². The second-order valence-corrected chi connectivity index (χ2v) is 4.31. The quantitative estimate of drug-likeness (QED) is 0.901. The highest BCUT2D eigenvalue weighted by molar-refractivity contribution is 6.04. The third-order valence-electron chi connectivity index (χ3n) is 2.74. The minimum atomic E-state index is -0.754. The van der Waals surface area contributed by atoms with Crippen LogP contribution in [0.1, 0.15) is 15.9 Å². The molecule has 2 N–H and O–H groups in total. The summed E-state index contributed by atoms with van der Waals surface area (Å²) < 4.78 is 26.5. The van der Waals surface area contributed by atoms with Gasteiger partial charge in [0, 0.05) is 12.2 Å². The van der Waals surface area contributed by atoms with Crippen molar-refractivity contribution in [1.29, 1.82) is 0 Å². The summed E-state index contributed by atoms with van der Waals surface area (Å²) in [7, 11) is 1.81. The summed E-state index contributed by atoms with van der Waals surface area (Å²) >= 11 is 0. The topological polar surface area (TPSA) is 41.1 Å². The van der Waals surface area contributed by atoms with Crippen molar-refractivity contribution in [2.75, 3.05) is 12.4 Å². The van der Waals surface area contributed by atoms with Gasteiger partial charge >= 0.3 is 0 Å². The molecule has 2 aromatic carbocycles. The molecule has 2 rings (SSSR count). The van der Waals surface area contributed by atoms with Gasteiger partial charge < -0.3 is 10.6 Å². The van der Waals surface area contributed by atoms with E-state index >= 15 is 0 Å². The molecular weight excluding hydrogens is 262 g/mol. The monoisotopic (exact) mass is 276 g/mol. The summed E-state index contributed by atoms with van der Waals surface area (Å²) in [5.74, 6) is -2.08. The molecular formula is C15H14F2N2O. The molecule has 20 heavy (non-hydrogen) atoms. The maximum absolute atomic E-state index is 13.5. The van der Waals surface area contributed by atoms with E-state index in [2.05, 4.69) is 10.6 Å². The zero-order chi connectivity index (χ0) is 14.5. The van der Waals surface area contributed by atoms with Gasteiger partial charge in [0.15, 0.2) is 0 Å². The number of amides is 1. The molecule has 1 amide bonds. The van der Waals surface area contributed by atoms with Gasteiger partial charge in [0.1, 0.15) is 11.6 Å². The number of nitrogens with one attached hydrogen (secondary N) is 2. The number of halogens is 2. The molecule has 0 heterocycles. The van der Waals surface area contributed by atoms with E-state index in [1.54, 1.807) is 18.2 Å². The normalized spacial score (nSPS) is 10.3. The Labute approximate surface area is 115 Å². The summed E-state index contributed by atoms with van der Waals surface area (Å²) in [6.45, 7) is 0.651. The van der Waals surface area contributed by atoms with Crippen LogP contribution in [-0.4, -0.2) is 13.0 Å². The van der Waals surface area contributed by atoms with Crippen molar-refractivity contribution in [2.24, 2.45) is 0 Å². The predicted molar refractivity (Wildman–Crippen MR) is 73.5 cm³/mol. The van der Waals surface area contributed by atoms with Crippen LogP contribution >= 0.6 is 0 Å². The van der Waals surface area contributed by atoms with Crippen LogP contribution in [0.3, 0.4) is 0 Å². The van der Waals surface area contributed by atoms with Crippen LogP contribution in [0, 0.1) is 11.6 Å². The van der Waals surface area contributed by atoms with E-state index < -0.39 is 17.5 Å². The van der Waals surface area contributed by atoms with Crippen LogP contribution in [-0.2, 0) is 6.54 Å². The Kier molecular flexibility index (Phi) is 4.42. The molecule has 0 fully saturated rings. The van der Waals surface area contributed by atoms with E-state index in [9.17, 15) is 13.6 Å². The van der Waals surface area contributed by atoms with E-state index in [-0.39, 0.29) is 5.56 Å². The van der Waals surface area contributed by atoms with Gasteiger partial charge in [0.25, 0.3) is 5.91 Å². The number of benzene rings is 2. The average molecular weight is 276 g/mol. The fourth-order valence-electron chi connectivity index (χ4n) is 1.83. The molecule has 2 aromatic rings. The van der Waals surface area contributed by atoms with E-state index in [4.69, 9.17) is 0 Å². The van der Waals surface area contributed by atoms with Crippen molar-refractivity contribution in [3.05, 3.63) is 65.2 Å². The molecule has 0 aliphatic rings. The van der Waals surface area contributed by atoms with Crippen molar-refractivity contribution in [3.63, 3.8) is 0 Å². The molecule has 0 radical (unpaired) electrons. The smallest absolute Gasteiger partial charge is 0.258 e. The molecule has 0 unspecified atom stereocenters. The first-order valence-corrected chi connectivity index (χ1v) is 6.10. The van der Waals surface area contributed by atoms with Crippen molar-refractivity contribution in [1.82, 2.24) is 5.32 Å². The molecule has 104 valence electrons. The summed E-state index contributed by atoms with van der Waals surface area (Å²) in [4.78, 5) is 11.9. The number of hydrogen-bond donors (Lipinski definition) is 2. The van der Waals surface area contributed by atoms with Gasteiger partial charge in [-0.3, -0.25) is 4.79 Å². The molecule has 0 saturated carbocycles. The molecule has 3 nitrogen and oxygen atoms in total. The zero-order valence-electron chi connectivity index (χ0n) is 10.9. The molecule has 0 aliphatic carbocycles. The van der Waals surface area contributed by atoms with Crippen molar-refractivity contribution >= 4 is 11.6 Å². The highest BCUT2D eigenvalue weighted by atomic mass is 19.1. The van der Waals surface area contributed by atoms with E-state index in [0.717, 1.165) is 23.8 Å². The molecule has 0 spiro atoms. The van der Waals surface area contributed by atoms with Crippen LogP contribution in [0.25, 0.3) is 0 Å². The number of anilines is 1. The Morgan fingerprint density at radius 2 is 1.95 bits per heavy atom. The summed E-state index contributed by atoms with van der Waals surface area (Å²) in [5, 5.41) is 5.54. The Hall–Kier alpha value is -2.27. The second kappa shape index (κ2) is 6.25. The van der Waals surface area contributed by atoms with Crippen LogP contribution in [0.2, 0.25) is 0 Å². The highest BCUT2D eigenvalue weighted by Gasteiger charge is 2.13. The first-order chi connectivity index (χ1) is 9.60. The number of carbonyl (C=O) groups is 1. The summed E-state index contributed by atoms with van der Waals surface area (Å²) in [6.07, 6.45) is 0. The van der Waals surface area contributed by atoms with E-state index in [1.807, 2.05) is 13.1 Å². The Bertz CT molecular complexity index is 629. The van der Waals surface area contributed by atoms with Gasteiger partial charge in [-0.05, 0) is 42.9 Å². The van der Waals surface area contributed by atoms with Crippen LogP contribution < -0.4 is 10.6 Å². The lowest BCUT2D eigenvalue weighted by Gasteiger charge is -2.08. The van der Waals surface area contributed by atoms with Gasteiger partial charge in [0.05, 0.1) is 5.56 Å². The van der Waals surface area contributed by atoms with Crippen molar-refractivity contribution in [2.45, 2.75) is 6.54 Å². The Morgan fingerprint density at radius 1 is 1.15 bits per heavy atom. The molecule has 0 saturated heterocycles. The highest BCUT2D eigenvalue weighted by Crippen LogP contribution is 2.15. The van der Waals surface area contributed by atoms with Crippen LogP contribution in [0.5, 0.6) is 0 Å². The van der Waals surface area contributed by atoms with Crippen LogP contribution in [0.4, 0.5) is 14.5 Å². The SMILES string of the molecule is CNCc1cccc(NC(=O)c2cc(F)ccc2F)c1. The lowest BCUT2D eigenvalue weighted by Crippen LogP contribution is -2.14. The average Bonchev–Trinajstić information content (AvgIpc) is 2.42. The summed E-state index contributed by atoms with van der Waals surface area (Å²) in [5.41, 5.74) is 1.19. The maximum atomic E-state index is 13.5. The number of hydrogen-bond acceptors (Lipinski definition) is 2. The fraction of sp³-hybridized carbons (Fsp3) is 0.133. The molecule has 0 atom stereocenters. The molecule has 0 aliphatic heterocycles. The van der Waals surface area contributed by atoms with Gasteiger partial charge in [0.2, 0.25) is 0 Å². The van der Waals surface area contributed by atoms with Gasteiger partial charge in [-0.2, -0.15) is 0 Å². The molecule has 5 heteroatoms. The first-order valence-electron chi connectivity index (χ1n) is 6.10. The Balaban J connectivity index is 2.19.